The topological polar surface area (TPSA) is 32.3 Å². The molecule has 3 nitrogen and oxygen atoms in total. The van der Waals surface area contributed by atoms with Crippen LogP contribution in [-0.4, -0.2) is 25.0 Å². The first-order chi connectivity index (χ1) is 9.77. The van der Waals surface area contributed by atoms with E-state index >= 15 is 0 Å². The first kappa shape index (κ1) is 15.7. The maximum Gasteiger partial charge on any atom is 0.225 e. The Hall–Kier alpha value is -1.65. The van der Waals surface area contributed by atoms with E-state index in [0.717, 1.165) is 18.9 Å². The number of nitrogens with one attached hydrogen (secondary N) is 1. The smallest absolute Gasteiger partial charge is 0.225 e. The molecule has 116 valence electrons. The summed E-state index contributed by atoms with van der Waals surface area (Å²) in [5, 5.41) is 3.01. The second kappa shape index (κ2) is 6.00. The number of carbonyl (C=O) groups is 1. The van der Waals surface area contributed by atoms with Gasteiger partial charge in [0.2, 0.25) is 5.91 Å². The van der Waals surface area contributed by atoms with Crippen LogP contribution < -0.4 is 10.2 Å². The Morgan fingerprint density at radius 3 is 2.67 bits per heavy atom. The zero-order valence-corrected chi connectivity index (χ0v) is 12.7. The van der Waals surface area contributed by atoms with Crippen LogP contribution in [0.5, 0.6) is 0 Å². The molecule has 0 aromatic heterocycles. The molecule has 5 heteroatoms. The summed E-state index contributed by atoms with van der Waals surface area (Å²) in [5.74, 6) is -1.14. The van der Waals surface area contributed by atoms with Crippen molar-refractivity contribution in [3.8, 4) is 0 Å². The van der Waals surface area contributed by atoms with E-state index in [0.29, 0.717) is 18.8 Å². The molecule has 2 rings (SSSR count). The number of anilines is 1. The van der Waals surface area contributed by atoms with Crippen LogP contribution in [0.25, 0.3) is 0 Å². The quantitative estimate of drug-likeness (QED) is 0.909. The Balaban J connectivity index is 2.05. The summed E-state index contributed by atoms with van der Waals surface area (Å²) < 4.78 is 26.8. The molecule has 0 saturated carbocycles. The van der Waals surface area contributed by atoms with Crippen molar-refractivity contribution in [2.75, 3.05) is 18.0 Å². The van der Waals surface area contributed by atoms with E-state index in [-0.39, 0.29) is 11.9 Å². The van der Waals surface area contributed by atoms with Crippen LogP contribution in [0.2, 0.25) is 0 Å². The maximum atomic E-state index is 13.8. The summed E-state index contributed by atoms with van der Waals surface area (Å²) in [6.45, 7) is 6.85. The standard InChI is InChI=1S/C16H22F2N2O/c1-16(2,3)15(21)19-12-5-4-8-20(10-12)14-7-6-11(17)9-13(14)18/h6-7,9,12H,4-5,8,10H2,1-3H3,(H,19,21). The van der Waals surface area contributed by atoms with Crippen molar-refractivity contribution in [2.24, 2.45) is 5.41 Å². The number of nitrogens with zero attached hydrogens (tertiary/aromatic N) is 1. The van der Waals surface area contributed by atoms with Gasteiger partial charge in [-0.3, -0.25) is 4.79 Å². The third kappa shape index (κ3) is 3.93. The SMILES string of the molecule is CC(C)(C)C(=O)NC1CCCN(c2ccc(F)cc2F)C1. The average molecular weight is 296 g/mol. The third-order valence-electron chi connectivity index (χ3n) is 3.69. The highest BCUT2D eigenvalue weighted by molar-refractivity contribution is 5.81. The van der Waals surface area contributed by atoms with E-state index in [1.54, 1.807) is 0 Å². The Kier molecular flexibility index (Phi) is 4.49. The minimum atomic E-state index is -0.578. The minimum absolute atomic E-state index is 0.00470. The summed E-state index contributed by atoms with van der Waals surface area (Å²) >= 11 is 0. The predicted molar refractivity (Wildman–Crippen MR) is 79.2 cm³/mol. The Morgan fingerprint density at radius 1 is 1.33 bits per heavy atom. The van der Waals surface area contributed by atoms with Gasteiger partial charge in [0.1, 0.15) is 11.6 Å². The molecule has 1 aromatic rings. The Labute approximate surface area is 124 Å². The van der Waals surface area contributed by atoms with E-state index in [1.165, 1.54) is 12.1 Å². The molecule has 0 spiro atoms. The third-order valence-corrected chi connectivity index (χ3v) is 3.69. The summed E-state index contributed by atoms with van der Waals surface area (Å²) in [6.07, 6.45) is 1.74. The van der Waals surface area contributed by atoms with Gasteiger partial charge in [0.15, 0.2) is 0 Å². The predicted octanol–water partition coefficient (Wildman–Crippen LogP) is 3.10. The van der Waals surface area contributed by atoms with Gasteiger partial charge in [-0.15, -0.1) is 0 Å². The van der Waals surface area contributed by atoms with Crippen LogP contribution in [0.15, 0.2) is 18.2 Å². The normalized spacial score (nSPS) is 19.5. The Morgan fingerprint density at radius 2 is 2.05 bits per heavy atom. The fourth-order valence-electron chi connectivity index (χ4n) is 2.45. The van der Waals surface area contributed by atoms with Crippen LogP contribution in [0.4, 0.5) is 14.5 Å². The molecule has 1 amide bonds. The second-order valence-electron chi connectivity index (χ2n) is 6.60. The number of halogens is 2. The van der Waals surface area contributed by atoms with Crippen molar-refractivity contribution < 1.29 is 13.6 Å². The lowest BCUT2D eigenvalue weighted by molar-refractivity contribution is -0.129. The van der Waals surface area contributed by atoms with Gasteiger partial charge in [-0.25, -0.2) is 8.78 Å². The summed E-state index contributed by atoms with van der Waals surface area (Å²) in [7, 11) is 0. The number of carbonyl (C=O) groups excluding carboxylic acids is 1. The Bertz CT molecular complexity index is 525. The molecular weight excluding hydrogens is 274 g/mol. The van der Waals surface area contributed by atoms with E-state index in [1.807, 2.05) is 25.7 Å². The number of hydrogen-bond donors (Lipinski definition) is 1. The van der Waals surface area contributed by atoms with Gasteiger partial charge in [-0.2, -0.15) is 0 Å². The molecule has 21 heavy (non-hydrogen) atoms. The number of hydrogen-bond acceptors (Lipinski definition) is 2. The first-order valence-electron chi connectivity index (χ1n) is 7.28. The van der Waals surface area contributed by atoms with Crippen LogP contribution in [-0.2, 0) is 4.79 Å². The average Bonchev–Trinajstić information content (AvgIpc) is 2.37. The molecule has 0 aliphatic carbocycles. The zero-order valence-electron chi connectivity index (χ0n) is 12.7. The van der Waals surface area contributed by atoms with E-state index in [2.05, 4.69) is 5.32 Å². The molecule has 1 aromatic carbocycles. The van der Waals surface area contributed by atoms with Crippen LogP contribution in [0, 0.1) is 17.0 Å². The van der Waals surface area contributed by atoms with Crippen LogP contribution in [0.1, 0.15) is 33.6 Å². The lowest BCUT2D eigenvalue weighted by Gasteiger charge is -2.36. The van der Waals surface area contributed by atoms with Gasteiger partial charge in [0.25, 0.3) is 0 Å². The van der Waals surface area contributed by atoms with Crippen molar-refractivity contribution in [1.29, 1.82) is 0 Å². The van der Waals surface area contributed by atoms with Crippen molar-refractivity contribution in [2.45, 2.75) is 39.7 Å². The number of rotatable bonds is 2. The number of piperidine rings is 1. The summed E-state index contributed by atoms with van der Waals surface area (Å²) in [5.41, 5.74) is -0.0465. The highest BCUT2D eigenvalue weighted by Gasteiger charge is 2.27. The van der Waals surface area contributed by atoms with Crippen LogP contribution in [0.3, 0.4) is 0 Å². The van der Waals surface area contributed by atoms with Crippen molar-refractivity contribution in [3.05, 3.63) is 29.8 Å². The highest BCUT2D eigenvalue weighted by Crippen LogP contribution is 2.24. The fourth-order valence-corrected chi connectivity index (χ4v) is 2.45. The van der Waals surface area contributed by atoms with Gasteiger partial charge in [-0.1, -0.05) is 20.8 Å². The minimum Gasteiger partial charge on any atom is -0.367 e. The molecule has 1 N–H and O–H groups in total. The van der Waals surface area contributed by atoms with Crippen molar-refractivity contribution in [3.63, 3.8) is 0 Å². The van der Waals surface area contributed by atoms with E-state index in [4.69, 9.17) is 0 Å². The zero-order chi connectivity index (χ0) is 15.6. The van der Waals surface area contributed by atoms with Gasteiger partial charge in [-0.05, 0) is 25.0 Å². The first-order valence-corrected chi connectivity index (χ1v) is 7.28. The van der Waals surface area contributed by atoms with Crippen LogP contribution >= 0.6 is 0 Å². The molecule has 1 saturated heterocycles. The molecule has 1 fully saturated rings. The molecular formula is C16H22F2N2O. The van der Waals surface area contributed by atoms with E-state index < -0.39 is 17.0 Å². The van der Waals surface area contributed by atoms with Gasteiger partial charge >= 0.3 is 0 Å². The summed E-state index contributed by atoms with van der Waals surface area (Å²) in [4.78, 5) is 13.9. The monoisotopic (exact) mass is 296 g/mol. The molecule has 1 aliphatic heterocycles. The van der Waals surface area contributed by atoms with Gasteiger partial charge < -0.3 is 10.2 Å². The molecule has 0 bridgehead atoms. The maximum absolute atomic E-state index is 13.8. The van der Waals surface area contributed by atoms with Crippen molar-refractivity contribution in [1.82, 2.24) is 5.32 Å². The van der Waals surface area contributed by atoms with Gasteiger partial charge in [0, 0.05) is 30.6 Å². The lowest BCUT2D eigenvalue weighted by Crippen LogP contribution is -2.50. The second-order valence-corrected chi connectivity index (χ2v) is 6.60. The van der Waals surface area contributed by atoms with Gasteiger partial charge in [0.05, 0.1) is 5.69 Å². The molecule has 0 radical (unpaired) electrons. The number of benzene rings is 1. The number of amides is 1. The molecule has 1 heterocycles. The van der Waals surface area contributed by atoms with Crippen molar-refractivity contribution >= 4 is 11.6 Å². The summed E-state index contributed by atoms with van der Waals surface area (Å²) in [6, 6.07) is 3.61. The molecule has 1 atom stereocenters. The molecule has 1 aliphatic rings. The lowest BCUT2D eigenvalue weighted by atomic mass is 9.94. The largest absolute Gasteiger partial charge is 0.367 e. The van der Waals surface area contributed by atoms with E-state index in [9.17, 15) is 13.6 Å². The fraction of sp³-hybridized carbons (Fsp3) is 0.562. The molecule has 1 unspecified atom stereocenters. The highest BCUT2D eigenvalue weighted by atomic mass is 19.1.